The van der Waals surface area contributed by atoms with Gasteiger partial charge in [0, 0.05) is 42.8 Å². The number of nitrogens with zero attached hydrogens (tertiary/aromatic N) is 2. The first kappa shape index (κ1) is 15.6. The highest BCUT2D eigenvalue weighted by Gasteiger charge is 2.23. The Labute approximate surface area is 128 Å². The predicted octanol–water partition coefficient (Wildman–Crippen LogP) is 2.02. The topological polar surface area (TPSA) is 43.8 Å². The van der Waals surface area contributed by atoms with Gasteiger partial charge in [0.2, 0.25) is 0 Å². The van der Waals surface area contributed by atoms with Crippen molar-refractivity contribution >= 4 is 29.1 Å². The fourth-order valence-electron chi connectivity index (χ4n) is 2.35. The number of rotatable bonds is 3. The van der Waals surface area contributed by atoms with Crippen LogP contribution in [0.3, 0.4) is 0 Å². The molecule has 0 radical (unpaired) electrons. The predicted molar refractivity (Wildman–Crippen MR) is 80.0 cm³/mol. The Balaban J connectivity index is 1.90. The lowest BCUT2D eigenvalue weighted by atomic mass is 10.2. The molecule has 0 spiro atoms. The van der Waals surface area contributed by atoms with Crippen molar-refractivity contribution in [1.29, 1.82) is 0 Å². The molecule has 1 amide bonds. The van der Waals surface area contributed by atoms with Crippen LogP contribution in [0.1, 0.15) is 12.5 Å². The molecular weight excluding hydrogens is 299 g/mol. The van der Waals surface area contributed by atoms with Gasteiger partial charge in [-0.1, -0.05) is 23.2 Å². The first-order valence-electron chi connectivity index (χ1n) is 6.60. The molecule has 110 valence electrons. The van der Waals surface area contributed by atoms with E-state index in [0.29, 0.717) is 23.1 Å². The fraction of sp³-hybridized carbons (Fsp3) is 0.500. The van der Waals surface area contributed by atoms with Crippen LogP contribution in [0.25, 0.3) is 0 Å². The third-order valence-corrected chi connectivity index (χ3v) is 3.81. The molecule has 1 atom stereocenters. The van der Waals surface area contributed by atoms with Crippen LogP contribution in [0, 0.1) is 0 Å². The average Bonchev–Trinajstić information content (AvgIpc) is 2.37. The lowest BCUT2D eigenvalue weighted by Crippen LogP contribution is -2.50. The maximum Gasteiger partial charge on any atom is 0.251 e. The van der Waals surface area contributed by atoms with Gasteiger partial charge in [0.05, 0.1) is 0 Å². The zero-order chi connectivity index (χ0) is 14.7. The van der Waals surface area contributed by atoms with E-state index in [1.54, 1.807) is 11.0 Å². The summed E-state index contributed by atoms with van der Waals surface area (Å²) in [6.45, 7) is 5.10. The van der Waals surface area contributed by atoms with E-state index in [1.807, 2.05) is 12.1 Å². The van der Waals surface area contributed by atoms with E-state index < -0.39 is 6.10 Å². The van der Waals surface area contributed by atoms with Crippen molar-refractivity contribution in [2.45, 2.75) is 19.6 Å². The first-order valence-corrected chi connectivity index (χ1v) is 7.35. The number of carbonyl (C=O) groups excluding carboxylic acids is 1. The number of amides is 1. The minimum absolute atomic E-state index is 0.199. The summed E-state index contributed by atoms with van der Waals surface area (Å²) in [5.74, 6) is -0.199. The summed E-state index contributed by atoms with van der Waals surface area (Å²) in [6, 6.07) is 5.52. The molecule has 2 rings (SSSR count). The molecular formula is C14H18Cl2N2O2. The van der Waals surface area contributed by atoms with Crippen LogP contribution in [0.15, 0.2) is 18.2 Å². The van der Waals surface area contributed by atoms with Gasteiger partial charge in [0.25, 0.3) is 5.91 Å². The Kier molecular flexibility index (Phi) is 5.27. The van der Waals surface area contributed by atoms with E-state index in [1.165, 1.54) is 6.92 Å². The van der Waals surface area contributed by atoms with Gasteiger partial charge >= 0.3 is 0 Å². The van der Waals surface area contributed by atoms with Crippen LogP contribution in [-0.4, -0.2) is 53.1 Å². The maximum absolute atomic E-state index is 11.7. The first-order chi connectivity index (χ1) is 9.45. The van der Waals surface area contributed by atoms with Crippen molar-refractivity contribution in [2.24, 2.45) is 0 Å². The van der Waals surface area contributed by atoms with Crippen LogP contribution in [0.2, 0.25) is 10.0 Å². The third kappa shape index (κ3) is 4.09. The number of hydrogen-bond acceptors (Lipinski definition) is 3. The number of carbonyl (C=O) groups is 1. The number of aliphatic hydroxyl groups excluding tert-OH is 1. The van der Waals surface area contributed by atoms with Crippen LogP contribution in [0.4, 0.5) is 0 Å². The van der Waals surface area contributed by atoms with Crippen molar-refractivity contribution < 1.29 is 9.90 Å². The minimum atomic E-state index is -0.923. The second kappa shape index (κ2) is 6.76. The Hall–Kier alpha value is -0.810. The smallest absolute Gasteiger partial charge is 0.251 e. The quantitative estimate of drug-likeness (QED) is 0.927. The molecule has 1 aromatic rings. The van der Waals surface area contributed by atoms with E-state index in [4.69, 9.17) is 23.2 Å². The van der Waals surface area contributed by atoms with Crippen molar-refractivity contribution in [3.8, 4) is 0 Å². The molecule has 1 aliphatic heterocycles. The highest BCUT2D eigenvalue weighted by molar-refractivity contribution is 6.34. The molecule has 6 heteroatoms. The van der Waals surface area contributed by atoms with E-state index in [9.17, 15) is 9.90 Å². The van der Waals surface area contributed by atoms with Crippen molar-refractivity contribution in [1.82, 2.24) is 9.80 Å². The Bertz CT molecular complexity index is 466. The van der Waals surface area contributed by atoms with E-state index >= 15 is 0 Å². The molecule has 1 aliphatic rings. The molecule has 4 nitrogen and oxygen atoms in total. The van der Waals surface area contributed by atoms with Gasteiger partial charge < -0.3 is 10.0 Å². The van der Waals surface area contributed by atoms with Crippen LogP contribution in [-0.2, 0) is 11.3 Å². The van der Waals surface area contributed by atoms with Gasteiger partial charge in [-0.3, -0.25) is 9.69 Å². The molecule has 0 saturated carbocycles. The molecule has 0 bridgehead atoms. The maximum atomic E-state index is 11.7. The van der Waals surface area contributed by atoms with Crippen molar-refractivity contribution in [3.05, 3.63) is 33.8 Å². The van der Waals surface area contributed by atoms with E-state index in [0.717, 1.165) is 25.2 Å². The zero-order valence-electron chi connectivity index (χ0n) is 11.4. The number of piperazine rings is 1. The van der Waals surface area contributed by atoms with Gasteiger partial charge in [-0.2, -0.15) is 0 Å². The van der Waals surface area contributed by atoms with Gasteiger partial charge in [-0.25, -0.2) is 0 Å². The summed E-state index contributed by atoms with van der Waals surface area (Å²) in [7, 11) is 0. The van der Waals surface area contributed by atoms with Gasteiger partial charge in [-0.05, 0) is 30.7 Å². The summed E-state index contributed by atoms with van der Waals surface area (Å²) in [4.78, 5) is 15.6. The van der Waals surface area contributed by atoms with E-state index in [-0.39, 0.29) is 5.91 Å². The lowest BCUT2D eigenvalue weighted by Gasteiger charge is -2.35. The third-order valence-electron chi connectivity index (χ3n) is 3.37. The van der Waals surface area contributed by atoms with E-state index in [2.05, 4.69) is 4.90 Å². The molecule has 1 unspecified atom stereocenters. The standard InChI is InChI=1S/C14H18Cl2N2O2/c1-10(19)14(20)18-4-2-17(3-5-18)9-11-6-12(15)8-13(16)7-11/h6-8,10,19H,2-5,9H2,1H3. The summed E-state index contributed by atoms with van der Waals surface area (Å²) >= 11 is 12.0. The summed E-state index contributed by atoms with van der Waals surface area (Å²) in [5.41, 5.74) is 1.07. The summed E-state index contributed by atoms with van der Waals surface area (Å²) in [6.07, 6.45) is -0.923. The fourth-order valence-corrected chi connectivity index (χ4v) is 2.92. The van der Waals surface area contributed by atoms with Gasteiger partial charge in [0.15, 0.2) is 0 Å². The number of benzene rings is 1. The minimum Gasteiger partial charge on any atom is -0.384 e. The van der Waals surface area contributed by atoms with Crippen molar-refractivity contribution in [3.63, 3.8) is 0 Å². The normalized spacial score (nSPS) is 18.1. The molecule has 1 aromatic carbocycles. The van der Waals surface area contributed by atoms with Crippen LogP contribution >= 0.6 is 23.2 Å². The summed E-state index contributed by atoms with van der Waals surface area (Å²) in [5, 5.41) is 10.6. The van der Waals surface area contributed by atoms with Crippen LogP contribution < -0.4 is 0 Å². The zero-order valence-corrected chi connectivity index (χ0v) is 12.9. The second-order valence-electron chi connectivity index (χ2n) is 5.06. The second-order valence-corrected chi connectivity index (χ2v) is 5.93. The number of halogens is 2. The monoisotopic (exact) mass is 316 g/mol. The highest BCUT2D eigenvalue weighted by atomic mass is 35.5. The molecule has 0 aliphatic carbocycles. The molecule has 1 N–H and O–H groups in total. The Morgan fingerprint density at radius 1 is 1.20 bits per heavy atom. The summed E-state index contributed by atoms with van der Waals surface area (Å²) < 4.78 is 0. The van der Waals surface area contributed by atoms with Gasteiger partial charge in [-0.15, -0.1) is 0 Å². The van der Waals surface area contributed by atoms with Gasteiger partial charge in [0.1, 0.15) is 6.10 Å². The molecule has 20 heavy (non-hydrogen) atoms. The molecule has 0 aromatic heterocycles. The SMILES string of the molecule is CC(O)C(=O)N1CCN(Cc2cc(Cl)cc(Cl)c2)CC1. The number of hydrogen-bond donors (Lipinski definition) is 1. The molecule has 1 heterocycles. The van der Waals surface area contributed by atoms with Crippen LogP contribution in [0.5, 0.6) is 0 Å². The number of aliphatic hydroxyl groups is 1. The largest absolute Gasteiger partial charge is 0.384 e. The lowest BCUT2D eigenvalue weighted by molar-refractivity contribution is -0.141. The molecule has 1 fully saturated rings. The Morgan fingerprint density at radius 2 is 1.75 bits per heavy atom. The Morgan fingerprint density at radius 3 is 2.25 bits per heavy atom. The molecule has 1 saturated heterocycles. The average molecular weight is 317 g/mol. The highest BCUT2D eigenvalue weighted by Crippen LogP contribution is 2.20. The van der Waals surface area contributed by atoms with Crippen molar-refractivity contribution in [2.75, 3.05) is 26.2 Å².